The zero-order valence-electron chi connectivity index (χ0n) is 11.9. The molecule has 106 valence electrons. The van der Waals surface area contributed by atoms with Gasteiger partial charge in [0.2, 0.25) is 0 Å². The minimum atomic E-state index is -0.779. The second kappa shape index (κ2) is 6.15. The molecule has 1 aromatic rings. The highest BCUT2D eigenvalue weighted by Crippen LogP contribution is 2.08. The van der Waals surface area contributed by atoms with Crippen molar-refractivity contribution in [2.75, 3.05) is 0 Å². The number of aromatic nitrogens is 1. The highest BCUT2D eigenvalue weighted by Gasteiger charge is 2.23. The molecule has 1 aromatic heterocycles. The molecule has 0 aliphatic heterocycles. The molecule has 1 heterocycles. The van der Waals surface area contributed by atoms with Gasteiger partial charge in [-0.15, -0.1) is 0 Å². The Balaban J connectivity index is 2.65. The lowest BCUT2D eigenvalue weighted by molar-refractivity contribution is -0.156. The maximum Gasteiger partial charge on any atom is 0.328 e. The van der Waals surface area contributed by atoms with Crippen LogP contribution < -0.4 is 5.32 Å². The molecule has 0 unspecified atom stereocenters. The van der Waals surface area contributed by atoms with Crippen molar-refractivity contribution in [2.45, 2.75) is 39.3 Å². The van der Waals surface area contributed by atoms with Crippen LogP contribution in [0.25, 0.3) is 0 Å². The van der Waals surface area contributed by atoms with E-state index in [2.05, 4.69) is 10.3 Å². The molecule has 6 heteroatoms. The van der Waals surface area contributed by atoms with Crippen LogP contribution in [0.5, 0.6) is 0 Å². The summed E-state index contributed by atoms with van der Waals surface area (Å²) in [7, 11) is 0. The molecule has 0 aliphatic carbocycles. The van der Waals surface area contributed by atoms with Crippen LogP contribution >= 0.6 is 0 Å². The van der Waals surface area contributed by atoms with Crippen molar-refractivity contribution in [3.05, 3.63) is 29.6 Å². The van der Waals surface area contributed by atoms with E-state index in [0.717, 1.165) is 0 Å². The second-order valence-corrected chi connectivity index (χ2v) is 5.27. The number of amides is 1. The number of carbonyl (C=O) groups excluding carboxylic acids is 2. The topological polar surface area (TPSA) is 92.1 Å². The molecule has 0 aromatic carbocycles. The van der Waals surface area contributed by atoms with Crippen LogP contribution in [-0.2, 0) is 9.53 Å². The Labute approximate surface area is 117 Å². The number of hydrogen-bond donors (Lipinski definition) is 1. The first kappa shape index (κ1) is 15.6. The summed E-state index contributed by atoms with van der Waals surface area (Å²) in [6, 6.07) is 4.04. The highest BCUT2D eigenvalue weighted by molar-refractivity contribution is 5.95. The number of hydrogen-bond acceptors (Lipinski definition) is 5. The van der Waals surface area contributed by atoms with Crippen molar-refractivity contribution in [3.8, 4) is 6.07 Å². The van der Waals surface area contributed by atoms with Gasteiger partial charge in [-0.25, -0.2) is 9.78 Å². The van der Waals surface area contributed by atoms with E-state index in [-0.39, 0.29) is 5.69 Å². The number of carbonyl (C=O) groups is 2. The van der Waals surface area contributed by atoms with E-state index >= 15 is 0 Å². The third-order valence-corrected chi connectivity index (χ3v) is 2.23. The largest absolute Gasteiger partial charge is 0.458 e. The molecule has 1 atom stereocenters. The number of pyridine rings is 1. The maximum absolute atomic E-state index is 11.9. The van der Waals surface area contributed by atoms with Gasteiger partial charge in [0, 0.05) is 6.20 Å². The second-order valence-electron chi connectivity index (χ2n) is 5.27. The van der Waals surface area contributed by atoms with Crippen LogP contribution in [0.4, 0.5) is 0 Å². The molecule has 1 amide bonds. The van der Waals surface area contributed by atoms with E-state index in [1.807, 2.05) is 6.07 Å². The van der Waals surface area contributed by atoms with Crippen LogP contribution in [0, 0.1) is 11.3 Å². The average molecular weight is 275 g/mol. The van der Waals surface area contributed by atoms with Crippen LogP contribution in [0.1, 0.15) is 43.7 Å². The van der Waals surface area contributed by atoms with Crippen molar-refractivity contribution in [2.24, 2.45) is 0 Å². The van der Waals surface area contributed by atoms with E-state index in [1.54, 1.807) is 20.8 Å². The number of rotatable bonds is 3. The van der Waals surface area contributed by atoms with E-state index in [4.69, 9.17) is 10.00 Å². The molecule has 1 N–H and O–H groups in total. The SMILES string of the molecule is C[C@H](NC(=O)c1ccc(C#N)cn1)C(=O)OC(C)(C)C. The predicted octanol–water partition coefficient (Wildman–Crippen LogP) is 1.41. The summed E-state index contributed by atoms with van der Waals surface area (Å²) in [6.07, 6.45) is 1.30. The lowest BCUT2D eigenvalue weighted by Crippen LogP contribution is -2.42. The first-order chi connectivity index (χ1) is 9.23. The summed E-state index contributed by atoms with van der Waals surface area (Å²) in [5.74, 6) is -1.01. The normalized spacial score (nSPS) is 12.2. The van der Waals surface area contributed by atoms with Crippen LogP contribution in [0.3, 0.4) is 0 Å². The van der Waals surface area contributed by atoms with Crippen molar-refractivity contribution in [1.29, 1.82) is 5.26 Å². The van der Waals surface area contributed by atoms with Gasteiger partial charge in [0.1, 0.15) is 23.4 Å². The van der Waals surface area contributed by atoms with E-state index in [0.29, 0.717) is 5.56 Å². The van der Waals surface area contributed by atoms with Gasteiger partial charge in [0.05, 0.1) is 5.56 Å². The monoisotopic (exact) mass is 275 g/mol. The quantitative estimate of drug-likeness (QED) is 0.842. The number of nitriles is 1. The molecule has 20 heavy (non-hydrogen) atoms. The Bertz CT molecular complexity index is 538. The molecule has 6 nitrogen and oxygen atoms in total. The van der Waals surface area contributed by atoms with Crippen molar-refractivity contribution in [3.63, 3.8) is 0 Å². The summed E-state index contributed by atoms with van der Waals surface area (Å²) >= 11 is 0. The zero-order chi connectivity index (χ0) is 15.3. The van der Waals surface area contributed by atoms with Gasteiger partial charge in [-0.3, -0.25) is 4.79 Å². The molecule has 1 rings (SSSR count). The van der Waals surface area contributed by atoms with Crippen LogP contribution in [0.15, 0.2) is 18.3 Å². The van der Waals surface area contributed by atoms with Gasteiger partial charge in [-0.05, 0) is 39.8 Å². The van der Waals surface area contributed by atoms with E-state index in [1.165, 1.54) is 25.3 Å². The molecule has 0 fully saturated rings. The number of esters is 1. The lowest BCUT2D eigenvalue weighted by Gasteiger charge is -2.22. The molecule has 0 saturated carbocycles. The molecule has 0 bridgehead atoms. The van der Waals surface area contributed by atoms with Crippen molar-refractivity contribution >= 4 is 11.9 Å². The Kier molecular flexibility index (Phi) is 4.81. The van der Waals surface area contributed by atoms with Crippen LogP contribution in [0.2, 0.25) is 0 Å². The van der Waals surface area contributed by atoms with Gasteiger partial charge < -0.3 is 10.1 Å². The Morgan fingerprint density at radius 3 is 2.50 bits per heavy atom. The summed E-state index contributed by atoms with van der Waals surface area (Å²) in [6.45, 7) is 6.79. The van der Waals surface area contributed by atoms with Gasteiger partial charge >= 0.3 is 5.97 Å². The third-order valence-electron chi connectivity index (χ3n) is 2.23. The zero-order valence-corrected chi connectivity index (χ0v) is 11.9. The van der Waals surface area contributed by atoms with Gasteiger partial charge in [-0.1, -0.05) is 0 Å². The van der Waals surface area contributed by atoms with Crippen LogP contribution in [-0.4, -0.2) is 28.5 Å². The van der Waals surface area contributed by atoms with Gasteiger partial charge in [0.15, 0.2) is 0 Å². The molecule has 0 radical (unpaired) electrons. The smallest absolute Gasteiger partial charge is 0.328 e. The molecule has 0 saturated heterocycles. The average Bonchev–Trinajstić information content (AvgIpc) is 2.36. The minimum absolute atomic E-state index is 0.138. The standard InChI is InChI=1S/C14H17N3O3/c1-9(13(19)20-14(2,3)4)17-12(18)11-6-5-10(7-15)8-16-11/h5-6,8-9H,1-4H3,(H,17,18)/t9-/m0/s1. The summed E-state index contributed by atoms with van der Waals surface area (Å²) in [4.78, 5) is 27.4. The lowest BCUT2D eigenvalue weighted by atomic mass is 10.2. The first-order valence-corrected chi connectivity index (χ1v) is 6.13. The summed E-state index contributed by atoms with van der Waals surface area (Å²) < 4.78 is 5.16. The molecular formula is C14H17N3O3. The molecule has 0 aliphatic rings. The number of nitrogens with zero attached hydrogens (tertiary/aromatic N) is 2. The number of nitrogens with one attached hydrogen (secondary N) is 1. The first-order valence-electron chi connectivity index (χ1n) is 6.13. The highest BCUT2D eigenvalue weighted by atomic mass is 16.6. The van der Waals surface area contributed by atoms with Crippen molar-refractivity contribution in [1.82, 2.24) is 10.3 Å². The number of ether oxygens (including phenoxy) is 1. The predicted molar refractivity (Wildman–Crippen MR) is 71.7 cm³/mol. The third kappa shape index (κ3) is 4.69. The molecular weight excluding hydrogens is 258 g/mol. The fourth-order valence-electron chi connectivity index (χ4n) is 1.31. The van der Waals surface area contributed by atoms with E-state index < -0.39 is 23.5 Å². The fourth-order valence-corrected chi connectivity index (χ4v) is 1.31. The Morgan fingerprint density at radius 1 is 1.40 bits per heavy atom. The summed E-state index contributed by atoms with van der Waals surface area (Å²) in [5.41, 5.74) is -0.107. The van der Waals surface area contributed by atoms with Gasteiger partial charge in [-0.2, -0.15) is 5.26 Å². The minimum Gasteiger partial charge on any atom is -0.458 e. The summed E-state index contributed by atoms with van der Waals surface area (Å²) in [5, 5.41) is 11.1. The molecule has 0 spiro atoms. The van der Waals surface area contributed by atoms with Gasteiger partial charge in [0.25, 0.3) is 5.91 Å². The Morgan fingerprint density at radius 2 is 2.05 bits per heavy atom. The van der Waals surface area contributed by atoms with E-state index in [9.17, 15) is 9.59 Å². The van der Waals surface area contributed by atoms with Crippen molar-refractivity contribution < 1.29 is 14.3 Å². The maximum atomic E-state index is 11.9. The fraction of sp³-hybridized carbons (Fsp3) is 0.429. The Hall–Kier alpha value is -2.42.